The van der Waals surface area contributed by atoms with Crippen LogP contribution in [0.3, 0.4) is 0 Å². The Kier molecular flexibility index (Phi) is 6.94. The summed E-state index contributed by atoms with van der Waals surface area (Å²) in [6.45, 7) is 1.14. The lowest BCUT2D eigenvalue weighted by molar-refractivity contribution is 0.421. The molecule has 1 saturated heterocycles. The quantitative estimate of drug-likeness (QED) is 0.188. The topological polar surface area (TPSA) is 19.4 Å². The van der Waals surface area contributed by atoms with Gasteiger partial charge in [-0.15, -0.1) is 0 Å². The van der Waals surface area contributed by atoms with E-state index in [0.29, 0.717) is 12.0 Å². The number of hydrogen-bond acceptors (Lipinski definition) is 4. The van der Waals surface area contributed by atoms with Gasteiger partial charge in [-0.25, -0.2) is 0 Å². The van der Waals surface area contributed by atoms with Crippen molar-refractivity contribution in [3.63, 3.8) is 0 Å². The monoisotopic (exact) mass is 653 g/mol. The molecule has 3 aliphatic carbocycles. The molecule has 4 aromatic carbocycles. The van der Waals surface area contributed by atoms with E-state index in [1.54, 1.807) is 5.56 Å². The first kappa shape index (κ1) is 29.1. The summed E-state index contributed by atoms with van der Waals surface area (Å²) >= 11 is 1.83. The summed E-state index contributed by atoms with van der Waals surface area (Å²) in [6.07, 6.45) is 23.4. The second kappa shape index (κ2) is 11.7. The average Bonchev–Trinajstić information content (AvgIpc) is 3.76. The zero-order valence-electron chi connectivity index (χ0n) is 27.6. The largest absolute Gasteiger partial charge is 0.364 e. The number of para-hydroxylation sites is 2. The number of rotatable bonds is 4. The second-order valence-corrected chi connectivity index (χ2v) is 15.3. The summed E-state index contributed by atoms with van der Waals surface area (Å²) in [4.78, 5) is 12.5. The van der Waals surface area contributed by atoms with E-state index in [1.165, 1.54) is 87.6 Å². The molecule has 49 heavy (non-hydrogen) atoms. The lowest BCUT2D eigenvalue weighted by Crippen LogP contribution is -2.44. The van der Waals surface area contributed by atoms with E-state index >= 15 is 0 Å². The molecule has 2 fully saturated rings. The third-order valence-corrected chi connectivity index (χ3v) is 12.7. The minimum absolute atomic E-state index is 0.126. The van der Waals surface area contributed by atoms with Crippen molar-refractivity contribution < 1.29 is 0 Å². The maximum absolute atomic E-state index is 4.92. The highest BCUT2D eigenvalue weighted by molar-refractivity contribution is 7.99. The molecule has 2 atom stereocenters. The fraction of sp³-hybridized carbons (Fsp3) is 0.222. The van der Waals surface area contributed by atoms with E-state index < -0.39 is 0 Å². The van der Waals surface area contributed by atoms with Gasteiger partial charge in [0.25, 0.3) is 0 Å². The van der Waals surface area contributed by atoms with Crippen LogP contribution in [0.25, 0.3) is 23.3 Å². The normalized spacial score (nSPS) is 21.1. The van der Waals surface area contributed by atoms with E-state index in [9.17, 15) is 0 Å². The van der Waals surface area contributed by atoms with Crippen molar-refractivity contribution in [1.29, 1.82) is 0 Å². The number of pyridine rings is 1. The van der Waals surface area contributed by atoms with Crippen LogP contribution in [0, 0.1) is 5.92 Å². The van der Waals surface area contributed by atoms with Crippen molar-refractivity contribution in [3.8, 4) is 11.1 Å². The number of benzene rings is 4. The highest BCUT2D eigenvalue weighted by Crippen LogP contribution is 2.58. The first-order valence-electron chi connectivity index (χ1n) is 18.0. The van der Waals surface area contributed by atoms with Crippen LogP contribution in [0.2, 0.25) is 0 Å². The number of fused-ring (bicyclic) bond motifs is 8. The molecule has 2 unspecified atom stereocenters. The summed E-state index contributed by atoms with van der Waals surface area (Å²) in [5.41, 5.74) is 13.2. The van der Waals surface area contributed by atoms with Crippen molar-refractivity contribution in [2.24, 2.45) is 5.92 Å². The molecule has 0 N–H and O–H groups in total. The molecule has 10 rings (SSSR count). The standard InChI is InChI=1S/C45H39N3S/c1-2-12-40-32(10-1)11-9-27-47(40)34-22-24-37-36-23-18-31(28-38(36)45(39(37)29-34)25-7-8-26-45)17-19-33-20-21-35(30-46-33)48-41-13-3-5-15-43(41)49-44-16-6-4-14-42(44)48/h1-6,10,12-24,28-30,32,40H,7-9,11,25-27H2/b19-17+. The van der Waals surface area contributed by atoms with Gasteiger partial charge in [-0.3, -0.25) is 4.98 Å². The van der Waals surface area contributed by atoms with Crippen molar-refractivity contribution in [3.05, 3.63) is 150 Å². The van der Waals surface area contributed by atoms with E-state index in [2.05, 4.69) is 143 Å². The molecule has 240 valence electrons. The van der Waals surface area contributed by atoms with Crippen molar-refractivity contribution in [1.82, 2.24) is 4.98 Å². The number of allylic oxidation sites excluding steroid dienone is 2. The van der Waals surface area contributed by atoms with Gasteiger partial charge in [-0.05, 0) is 108 Å². The molecule has 4 heteroatoms. The van der Waals surface area contributed by atoms with Gasteiger partial charge >= 0.3 is 0 Å². The van der Waals surface area contributed by atoms with Crippen LogP contribution in [0.1, 0.15) is 60.9 Å². The van der Waals surface area contributed by atoms with Crippen molar-refractivity contribution in [2.45, 2.75) is 59.8 Å². The minimum atomic E-state index is 0.126. The lowest BCUT2D eigenvalue weighted by Gasteiger charge is -2.42. The number of nitrogens with zero attached hydrogens (tertiary/aromatic N) is 3. The maximum atomic E-state index is 4.92. The number of anilines is 4. The summed E-state index contributed by atoms with van der Waals surface area (Å²) in [6, 6.07) is 36.6. The van der Waals surface area contributed by atoms with Crippen molar-refractivity contribution in [2.75, 3.05) is 16.3 Å². The summed E-state index contributed by atoms with van der Waals surface area (Å²) in [5, 5.41) is 0. The molecular weight excluding hydrogens is 615 g/mol. The Morgan fingerprint density at radius 2 is 1.41 bits per heavy atom. The molecular formula is C45H39N3S. The Morgan fingerprint density at radius 3 is 2.18 bits per heavy atom. The van der Waals surface area contributed by atoms with Crippen LogP contribution >= 0.6 is 11.8 Å². The molecule has 0 amide bonds. The van der Waals surface area contributed by atoms with Gasteiger partial charge in [0, 0.05) is 33.4 Å². The zero-order valence-corrected chi connectivity index (χ0v) is 28.4. The molecule has 3 heterocycles. The highest BCUT2D eigenvalue weighted by Gasteiger charge is 2.45. The SMILES string of the molecule is C1=CC2CCCN(c3ccc4c(c3)C3(CCCC3)c3cc(/C=C/c5ccc(N6c7ccccc7Sc7ccccc76)cn5)ccc3-4)C2C=C1. The molecule has 1 spiro atoms. The van der Waals surface area contributed by atoms with Crippen LogP contribution in [-0.2, 0) is 5.41 Å². The van der Waals surface area contributed by atoms with Gasteiger partial charge in [0.1, 0.15) is 0 Å². The van der Waals surface area contributed by atoms with Gasteiger partial charge in [0.15, 0.2) is 0 Å². The molecule has 1 aromatic heterocycles. The molecule has 5 aliphatic rings. The van der Waals surface area contributed by atoms with Crippen LogP contribution in [0.4, 0.5) is 22.7 Å². The number of piperidine rings is 1. The Morgan fingerprint density at radius 1 is 0.694 bits per heavy atom. The number of aromatic nitrogens is 1. The first-order chi connectivity index (χ1) is 24.2. The lowest BCUT2D eigenvalue weighted by atomic mass is 9.76. The van der Waals surface area contributed by atoms with E-state index in [1.807, 2.05) is 18.0 Å². The molecule has 3 nitrogen and oxygen atoms in total. The van der Waals surface area contributed by atoms with Gasteiger partial charge in [0.2, 0.25) is 0 Å². The smallest absolute Gasteiger partial charge is 0.0646 e. The fourth-order valence-corrected chi connectivity index (χ4v) is 10.3. The predicted octanol–water partition coefficient (Wildman–Crippen LogP) is 11.7. The zero-order chi connectivity index (χ0) is 32.4. The van der Waals surface area contributed by atoms with Crippen molar-refractivity contribution >= 4 is 46.7 Å². The Labute approximate surface area is 293 Å². The third kappa shape index (κ3) is 4.75. The Hall–Kier alpha value is -4.80. The van der Waals surface area contributed by atoms with E-state index in [0.717, 1.165) is 17.9 Å². The molecule has 2 aliphatic heterocycles. The second-order valence-electron chi connectivity index (χ2n) is 14.2. The molecule has 1 saturated carbocycles. The summed E-state index contributed by atoms with van der Waals surface area (Å²) in [5.74, 6) is 0.627. The molecule has 0 radical (unpaired) electrons. The fourth-order valence-electron chi connectivity index (χ4n) is 9.28. The Balaban J connectivity index is 0.945. The van der Waals surface area contributed by atoms with Gasteiger partial charge in [-0.2, -0.15) is 0 Å². The molecule has 0 bridgehead atoms. The summed E-state index contributed by atoms with van der Waals surface area (Å²) < 4.78 is 0. The van der Waals surface area contributed by atoms with Crippen LogP contribution in [0.5, 0.6) is 0 Å². The number of hydrogen-bond donors (Lipinski definition) is 0. The minimum Gasteiger partial charge on any atom is -0.364 e. The van der Waals surface area contributed by atoms with Crippen LogP contribution in [0.15, 0.2) is 137 Å². The van der Waals surface area contributed by atoms with E-state index in [-0.39, 0.29) is 5.41 Å². The molecule has 5 aromatic rings. The maximum Gasteiger partial charge on any atom is 0.0646 e. The first-order valence-corrected chi connectivity index (χ1v) is 18.8. The Bertz CT molecular complexity index is 2130. The predicted molar refractivity (Wildman–Crippen MR) is 205 cm³/mol. The van der Waals surface area contributed by atoms with Gasteiger partial charge in [-0.1, -0.05) is 104 Å². The third-order valence-electron chi connectivity index (χ3n) is 11.6. The van der Waals surface area contributed by atoms with Gasteiger partial charge < -0.3 is 9.80 Å². The van der Waals surface area contributed by atoms with Crippen LogP contribution in [-0.4, -0.2) is 17.6 Å². The van der Waals surface area contributed by atoms with Gasteiger partial charge in [0.05, 0.1) is 35.0 Å². The average molecular weight is 654 g/mol. The van der Waals surface area contributed by atoms with Crippen LogP contribution < -0.4 is 9.80 Å². The van der Waals surface area contributed by atoms with E-state index in [4.69, 9.17) is 4.98 Å². The summed E-state index contributed by atoms with van der Waals surface area (Å²) in [7, 11) is 0. The highest BCUT2D eigenvalue weighted by atomic mass is 32.2.